The van der Waals surface area contributed by atoms with Crippen LogP contribution in [0, 0.1) is 5.92 Å². The molecule has 1 saturated heterocycles. The van der Waals surface area contributed by atoms with E-state index in [0.717, 1.165) is 31.2 Å². The molecule has 1 heterocycles. The van der Waals surface area contributed by atoms with Crippen LogP contribution in [0.15, 0.2) is 30.3 Å². The Morgan fingerprint density at radius 3 is 2.59 bits per heavy atom. The number of likely N-dealkylation sites (tertiary alicyclic amines) is 1. The first-order valence-electron chi connectivity index (χ1n) is 7.94. The number of rotatable bonds is 3. The Labute approximate surface area is 130 Å². The first-order valence-corrected chi connectivity index (χ1v) is 7.94. The number of carbonyl (C=O) groups excluding carboxylic acids is 1. The second-order valence-electron chi connectivity index (χ2n) is 6.46. The van der Waals surface area contributed by atoms with Crippen LogP contribution in [0.2, 0.25) is 0 Å². The van der Waals surface area contributed by atoms with Crippen molar-refractivity contribution >= 4 is 6.09 Å². The Hall–Kier alpha value is -1.59. The van der Waals surface area contributed by atoms with Gasteiger partial charge in [0, 0.05) is 5.92 Å². The van der Waals surface area contributed by atoms with E-state index in [1.54, 1.807) is 0 Å². The zero-order valence-electron chi connectivity index (χ0n) is 12.6. The largest absolute Gasteiger partial charge is 0.445 e. The van der Waals surface area contributed by atoms with Crippen LogP contribution in [0.4, 0.5) is 4.79 Å². The molecule has 1 aromatic rings. The van der Waals surface area contributed by atoms with Gasteiger partial charge in [0.1, 0.15) is 12.2 Å². The molecule has 1 saturated carbocycles. The lowest BCUT2D eigenvalue weighted by Gasteiger charge is -2.52. The van der Waals surface area contributed by atoms with E-state index in [0.29, 0.717) is 0 Å². The molecule has 0 spiro atoms. The number of hydrogen-bond donors (Lipinski definition) is 2. The standard InChI is InChI=1S/C17H23NO4/c19-15-9-5-4-8-14(15)17(21)11-18(12-17)16(20)22-10-13-6-2-1-3-7-13/h1-3,6-7,14-15,19,21H,4-5,8-12H2. The molecular weight excluding hydrogens is 282 g/mol. The highest BCUT2D eigenvalue weighted by Gasteiger charge is 2.52. The molecule has 5 heteroatoms. The fourth-order valence-electron chi connectivity index (χ4n) is 3.53. The van der Waals surface area contributed by atoms with Crippen LogP contribution >= 0.6 is 0 Å². The lowest BCUT2D eigenvalue weighted by Crippen LogP contribution is -2.68. The van der Waals surface area contributed by atoms with E-state index in [2.05, 4.69) is 0 Å². The molecule has 2 unspecified atom stereocenters. The van der Waals surface area contributed by atoms with Gasteiger partial charge in [-0.1, -0.05) is 43.2 Å². The third-order valence-electron chi connectivity index (χ3n) is 4.81. The quantitative estimate of drug-likeness (QED) is 0.895. The lowest BCUT2D eigenvalue weighted by molar-refractivity contribution is -0.161. The summed E-state index contributed by atoms with van der Waals surface area (Å²) in [5, 5.41) is 20.7. The van der Waals surface area contributed by atoms with Gasteiger partial charge in [0.05, 0.1) is 19.2 Å². The predicted octanol–water partition coefficient (Wildman–Crippen LogP) is 1.92. The Morgan fingerprint density at radius 1 is 1.23 bits per heavy atom. The van der Waals surface area contributed by atoms with Gasteiger partial charge in [0.25, 0.3) is 0 Å². The number of carbonyl (C=O) groups is 1. The second-order valence-corrected chi connectivity index (χ2v) is 6.46. The van der Waals surface area contributed by atoms with Crippen molar-refractivity contribution in [3.63, 3.8) is 0 Å². The molecule has 2 fully saturated rings. The summed E-state index contributed by atoms with van der Waals surface area (Å²) in [4.78, 5) is 13.5. The van der Waals surface area contributed by atoms with E-state index >= 15 is 0 Å². The summed E-state index contributed by atoms with van der Waals surface area (Å²) in [5.74, 6) is -0.126. The zero-order chi connectivity index (χ0) is 15.6. The fraction of sp³-hybridized carbons (Fsp3) is 0.588. The molecule has 0 bridgehead atoms. The van der Waals surface area contributed by atoms with Gasteiger partial charge in [-0.3, -0.25) is 0 Å². The van der Waals surface area contributed by atoms with E-state index in [9.17, 15) is 15.0 Å². The molecule has 5 nitrogen and oxygen atoms in total. The highest BCUT2D eigenvalue weighted by atomic mass is 16.6. The summed E-state index contributed by atoms with van der Waals surface area (Å²) in [7, 11) is 0. The molecule has 0 radical (unpaired) electrons. The SMILES string of the molecule is O=C(OCc1ccccc1)N1CC(O)(C2CCCCC2O)C1. The zero-order valence-corrected chi connectivity index (χ0v) is 12.6. The summed E-state index contributed by atoms with van der Waals surface area (Å²) in [6.45, 7) is 0.741. The minimum absolute atomic E-state index is 0.126. The number of nitrogens with zero attached hydrogens (tertiary/aromatic N) is 1. The van der Waals surface area contributed by atoms with Gasteiger partial charge in [-0.05, 0) is 18.4 Å². The lowest BCUT2D eigenvalue weighted by atomic mass is 9.71. The third-order valence-corrected chi connectivity index (χ3v) is 4.81. The highest BCUT2D eigenvalue weighted by molar-refractivity contribution is 5.69. The highest BCUT2D eigenvalue weighted by Crippen LogP contribution is 2.38. The number of aliphatic hydroxyl groups is 2. The van der Waals surface area contributed by atoms with Crippen molar-refractivity contribution in [1.29, 1.82) is 0 Å². The van der Waals surface area contributed by atoms with E-state index in [1.165, 1.54) is 4.90 Å². The molecule has 2 N–H and O–H groups in total. The first kappa shape index (κ1) is 15.3. The summed E-state index contributed by atoms with van der Waals surface area (Å²) >= 11 is 0. The van der Waals surface area contributed by atoms with Crippen molar-refractivity contribution in [2.24, 2.45) is 5.92 Å². The number of benzene rings is 1. The molecule has 3 rings (SSSR count). The van der Waals surface area contributed by atoms with Gasteiger partial charge in [-0.2, -0.15) is 0 Å². The van der Waals surface area contributed by atoms with Gasteiger partial charge >= 0.3 is 6.09 Å². The van der Waals surface area contributed by atoms with Crippen molar-refractivity contribution < 1.29 is 19.7 Å². The molecule has 22 heavy (non-hydrogen) atoms. The molecule has 0 aromatic heterocycles. The van der Waals surface area contributed by atoms with Crippen LogP contribution in [0.5, 0.6) is 0 Å². The topological polar surface area (TPSA) is 70.0 Å². The Balaban J connectivity index is 1.48. The summed E-state index contributed by atoms with van der Waals surface area (Å²) in [6.07, 6.45) is 2.75. The van der Waals surface area contributed by atoms with Crippen molar-refractivity contribution in [2.75, 3.05) is 13.1 Å². The average molecular weight is 305 g/mol. The van der Waals surface area contributed by atoms with Crippen LogP contribution < -0.4 is 0 Å². The van der Waals surface area contributed by atoms with Gasteiger partial charge in [-0.15, -0.1) is 0 Å². The molecule has 2 atom stereocenters. The van der Waals surface area contributed by atoms with Gasteiger partial charge < -0.3 is 19.8 Å². The van der Waals surface area contributed by atoms with Crippen molar-refractivity contribution in [1.82, 2.24) is 4.90 Å². The Kier molecular flexibility index (Phi) is 4.36. The summed E-state index contributed by atoms with van der Waals surface area (Å²) in [6, 6.07) is 9.51. The molecule has 1 aromatic carbocycles. The number of hydrogen-bond acceptors (Lipinski definition) is 4. The normalized spacial score (nSPS) is 27.1. The van der Waals surface area contributed by atoms with E-state index in [1.807, 2.05) is 30.3 Å². The van der Waals surface area contributed by atoms with Crippen LogP contribution in [0.25, 0.3) is 0 Å². The van der Waals surface area contributed by atoms with E-state index in [4.69, 9.17) is 4.74 Å². The second kappa shape index (κ2) is 6.26. The number of ether oxygens (including phenoxy) is 1. The van der Waals surface area contributed by atoms with E-state index in [-0.39, 0.29) is 25.6 Å². The first-order chi connectivity index (χ1) is 10.6. The molecule has 2 aliphatic rings. The van der Waals surface area contributed by atoms with Gasteiger partial charge in [0.15, 0.2) is 0 Å². The summed E-state index contributed by atoms with van der Waals surface area (Å²) < 4.78 is 5.25. The molecule has 120 valence electrons. The van der Waals surface area contributed by atoms with Crippen LogP contribution in [-0.2, 0) is 11.3 Å². The van der Waals surface area contributed by atoms with Crippen molar-refractivity contribution in [3.8, 4) is 0 Å². The molecular formula is C17H23NO4. The smallest absolute Gasteiger partial charge is 0.410 e. The van der Waals surface area contributed by atoms with Gasteiger partial charge in [-0.25, -0.2) is 4.79 Å². The maximum Gasteiger partial charge on any atom is 0.410 e. The maximum atomic E-state index is 12.0. The van der Waals surface area contributed by atoms with E-state index < -0.39 is 17.8 Å². The Bertz CT molecular complexity index is 513. The van der Waals surface area contributed by atoms with Crippen molar-refractivity contribution in [3.05, 3.63) is 35.9 Å². The summed E-state index contributed by atoms with van der Waals surface area (Å²) in [5.41, 5.74) is -0.0136. The maximum absolute atomic E-state index is 12.0. The molecule has 1 amide bonds. The molecule has 1 aliphatic carbocycles. The van der Waals surface area contributed by atoms with Gasteiger partial charge in [0.2, 0.25) is 0 Å². The Morgan fingerprint density at radius 2 is 1.91 bits per heavy atom. The third kappa shape index (κ3) is 3.10. The van der Waals surface area contributed by atoms with Crippen LogP contribution in [-0.4, -0.2) is 46.0 Å². The predicted molar refractivity (Wildman–Crippen MR) is 81.1 cm³/mol. The minimum atomic E-state index is -0.953. The molecule has 1 aliphatic heterocycles. The number of aliphatic hydroxyl groups excluding tert-OH is 1. The number of amides is 1. The monoisotopic (exact) mass is 305 g/mol. The van der Waals surface area contributed by atoms with Crippen LogP contribution in [0.1, 0.15) is 31.2 Å². The van der Waals surface area contributed by atoms with Crippen molar-refractivity contribution in [2.45, 2.75) is 44.0 Å². The fourth-order valence-corrected chi connectivity index (χ4v) is 3.53. The van der Waals surface area contributed by atoms with Crippen LogP contribution in [0.3, 0.4) is 0 Å². The minimum Gasteiger partial charge on any atom is -0.445 e. The number of β-amino-alcohol motifs (C(OH)–C–C–N with tert-alkyl or cyclic N) is 1. The average Bonchev–Trinajstić information content (AvgIpc) is 2.51.